The van der Waals surface area contributed by atoms with Crippen molar-refractivity contribution in [2.24, 2.45) is 0 Å². The van der Waals surface area contributed by atoms with Crippen molar-refractivity contribution in [1.29, 1.82) is 0 Å². The minimum Gasteiger partial charge on any atom is -0.392 e. The number of hydrogen-bond donors (Lipinski definition) is 1. The van der Waals surface area contributed by atoms with Crippen LogP contribution in [-0.2, 0) is 0 Å². The van der Waals surface area contributed by atoms with Gasteiger partial charge in [-0.05, 0) is 12.5 Å². The summed E-state index contributed by atoms with van der Waals surface area (Å²) >= 11 is 0. The summed E-state index contributed by atoms with van der Waals surface area (Å²) in [5.74, 6) is 0. The lowest BCUT2D eigenvalue weighted by Crippen LogP contribution is -1.84. The van der Waals surface area contributed by atoms with Crippen molar-refractivity contribution in [1.82, 2.24) is 0 Å². The van der Waals surface area contributed by atoms with E-state index >= 15 is 0 Å². The van der Waals surface area contributed by atoms with E-state index in [1.807, 2.05) is 20.8 Å². The summed E-state index contributed by atoms with van der Waals surface area (Å²) in [6.45, 7) is 13.1. The zero-order chi connectivity index (χ0) is 9.28. The molecule has 1 N–H and O–H groups in total. The SMILES string of the molecule is C=C/C(=C\C(=C)C)CO.CC. The Morgan fingerprint density at radius 2 is 1.91 bits per heavy atom. The molecule has 0 spiro atoms. The highest BCUT2D eigenvalue weighted by atomic mass is 16.3. The molecular formula is C10H18O. The number of aliphatic hydroxyl groups excluding tert-OH is 1. The van der Waals surface area contributed by atoms with Gasteiger partial charge < -0.3 is 5.11 Å². The smallest absolute Gasteiger partial charge is 0.0681 e. The molecule has 0 aromatic heterocycles. The van der Waals surface area contributed by atoms with E-state index in [9.17, 15) is 0 Å². The second kappa shape index (κ2) is 9.18. The first kappa shape index (κ1) is 12.8. The molecule has 1 heteroatoms. The molecule has 0 aliphatic heterocycles. The first-order chi connectivity index (χ1) is 5.20. The molecule has 0 aliphatic rings. The number of aliphatic hydroxyl groups is 1. The van der Waals surface area contributed by atoms with Crippen LogP contribution in [0.2, 0.25) is 0 Å². The minimum atomic E-state index is 0.0381. The summed E-state index contributed by atoms with van der Waals surface area (Å²) in [7, 11) is 0. The van der Waals surface area contributed by atoms with E-state index in [0.717, 1.165) is 11.1 Å². The Hall–Kier alpha value is -0.820. The van der Waals surface area contributed by atoms with Gasteiger partial charge in [0.05, 0.1) is 6.61 Å². The second-order valence-electron chi connectivity index (χ2n) is 1.93. The monoisotopic (exact) mass is 154 g/mol. The summed E-state index contributed by atoms with van der Waals surface area (Å²) in [4.78, 5) is 0. The topological polar surface area (TPSA) is 20.2 Å². The van der Waals surface area contributed by atoms with Crippen LogP contribution in [0.1, 0.15) is 20.8 Å². The summed E-state index contributed by atoms with van der Waals surface area (Å²) in [6.07, 6.45) is 3.42. The van der Waals surface area contributed by atoms with Crippen molar-refractivity contribution < 1.29 is 5.11 Å². The molecule has 0 saturated carbocycles. The van der Waals surface area contributed by atoms with E-state index in [-0.39, 0.29) is 6.61 Å². The van der Waals surface area contributed by atoms with Gasteiger partial charge in [-0.3, -0.25) is 0 Å². The van der Waals surface area contributed by atoms with E-state index in [2.05, 4.69) is 13.2 Å². The summed E-state index contributed by atoms with van der Waals surface area (Å²) in [5.41, 5.74) is 1.74. The van der Waals surface area contributed by atoms with Crippen LogP contribution < -0.4 is 0 Å². The Labute approximate surface area is 69.8 Å². The molecule has 0 aromatic rings. The maximum absolute atomic E-state index is 8.59. The Kier molecular flexibility index (Phi) is 10.7. The van der Waals surface area contributed by atoms with Gasteiger partial charge in [-0.2, -0.15) is 0 Å². The van der Waals surface area contributed by atoms with Gasteiger partial charge in [-0.15, -0.1) is 0 Å². The van der Waals surface area contributed by atoms with Crippen LogP contribution in [0.15, 0.2) is 36.5 Å². The van der Waals surface area contributed by atoms with Crippen LogP contribution >= 0.6 is 0 Å². The lowest BCUT2D eigenvalue weighted by atomic mass is 10.2. The van der Waals surface area contributed by atoms with Crippen molar-refractivity contribution >= 4 is 0 Å². The third kappa shape index (κ3) is 9.18. The molecular weight excluding hydrogens is 136 g/mol. The molecule has 1 nitrogen and oxygen atoms in total. The van der Waals surface area contributed by atoms with Crippen molar-refractivity contribution in [2.45, 2.75) is 20.8 Å². The predicted molar refractivity (Wildman–Crippen MR) is 51.5 cm³/mol. The fourth-order valence-electron chi connectivity index (χ4n) is 0.486. The standard InChI is InChI=1S/C8H12O.C2H6/c1-4-8(6-9)5-7(2)3;1-2/h4-5,9H,1-2,6H2,3H3;1-2H3/b8-5+;. The Morgan fingerprint density at radius 1 is 1.45 bits per heavy atom. The van der Waals surface area contributed by atoms with Gasteiger partial charge in [0.25, 0.3) is 0 Å². The average Bonchev–Trinajstić information content (AvgIpc) is 2.03. The molecule has 0 aliphatic carbocycles. The molecule has 0 bridgehead atoms. The number of hydrogen-bond acceptors (Lipinski definition) is 1. The fraction of sp³-hybridized carbons (Fsp3) is 0.400. The van der Waals surface area contributed by atoms with E-state index in [1.165, 1.54) is 0 Å². The molecule has 0 heterocycles. The van der Waals surface area contributed by atoms with Crippen LogP contribution in [0, 0.1) is 0 Å². The molecule has 0 aromatic carbocycles. The van der Waals surface area contributed by atoms with Crippen LogP contribution in [-0.4, -0.2) is 11.7 Å². The lowest BCUT2D eigenvalue weighted by molar-refractivity contribution is 0.335. The van der Waals surface area contributed by atoms with Crippen molar-refractivity contribution in [3.8, 4) is 0 Å². The molecule has 11 heavy (non-hydrogen) atoms. The molecule has 0 fully saturated rings. The summed E-state index contributed by atoms with van der Waals surface area (Å²) in [6, 6.07) is 0. The third-order valence-corrected chi connectivity index (χ3v) is 0.877. The molecule has 0 rings (SSSR count). The molecule has 0 unspecified atom stereocenters. The van der Waals surface area contributed by atoms with Crippen LogP contribution in [0.3, 0.4) is 0 Å². The van der Waals surface area contributed by atoms with E-state index < -0.39 is 0 Å². The zero-order valence-corrected chi connectivity index (χ0v) is 7.72. The van der Waals surface area contributed by atoms with Gasteiger partial charge in [-0.1, -0.05) is 44.7 Å². The maximum atomic E-state index is 8.59. The van der Waals surface area contributed by atoms with Gasteiger partial charge in [0, 0.05) is 0 Å². The van der Waals surface area contributed by atoms with Crippen LogP contribution in [0.4, 0.5) is 0 Å². The van der Waals surface area contributed by atoms with Crippen molar-refractivity contribution in [3.63, 3.8) is 0 Å². The predicted octanol–water partition coefficient (Wildman–Crippen LogP) is 2.69. The van der Waals surface area contributed by atoms with E-state index in [1.54, 1.807) is 12.2 Å². The van der Waals surface area contributed by atoms with Gasteiger partial charge >= 0.3 is 0 Å². The maximum Gasteiger partial charge on any atom is 0.0681 e. The minimum absolute atomic E-state index is 0.0381. The number of rotatable bonds is 3. The summed E-state index contributed by atoms with van der Waals surface area (Å²) in [5, 5.41) is 8.59. The van der Waals surface area contributed by atoms with Crippen molar-refractivity contribution in [3.05, 3.63) is 36.5 Å². The second-order valence-corrected chi connectivity index (χ2v) is 1.93. The third-order valence-electron chi connectivity index (χ3n) is 0.877. The highest BCUT2D eigenvalue weighted by Gasteiger charge is 1.85. The van der Waals surface area contributed by atoms with Crippen LogP contribution in [0.25, 0.3) is 0 Å². The first-order valence-corrected chi connectivity index (χ1v) is 3.80. The highest BCUT2D eigenvalue weighted by molar-refractivity contribution is 5.26. The molecule has 0 atom stereocenters. The van der Waals surface area contributed by atoms with E-state index in [4.69, 9.17) is 5.11 Å². The lowest BCUT2D eigenvalue weighted by Gasteiger charge is -1.93. The van der Waals surface area contributed by atoms with Crippen molar-refractivity contribution in [2.75, 3.05) is 6.61 Å². The van der Waals surface area contributed by atoms with E-state index in [0.29, 0.717) is 0 Å². The molecule has 0 radical (unpaired) electrons. The average molecular weight is 154 g/mol. The quantitative estimate of drug-likeness (QED) is 0.620. The van der Waals surface area contributed by atoms with Crippen LogP contribution in [0.5, 0.6) is 0 Å². The summed E-state index contributed by atoms with van der Waals surface area (Å²) < 4.78 is 0. The highest BCUT2D eigenvalue weighted by Crippen LogP contribution is 1.98. The zero-order valence-electron chi connectivity index (χ0n) is 7.72. The molecule has 64 valence electrons. The molecule has 0 saturated heterocycles. The normalized spacial score (nSPS) is 9.64. The van der Waals surface area contributed by atoms with Gasteiger partial charge in [0.1, 0.15) is 0 Å². The van der Waals surface area contributed by atoms with Gasteiger partial charge in [0.2, 0.25) is 0 Å². The molecule has 0 amide bonds. The Balaban J connectivity index is 0. The fourth-order valence-corrected chi connectivity index (χ4v) is 0.486. The number of allylic oxidation sites excluding steroid dienone is 2. The Morgan fingerprint density at radius 3 is 2.00 bits per heavy atom. The Bertz CT molecular complexity index is 143. The van der Waals surface area contributed by atoms with Gasteiger partial charge in [0.15, 0.2) is 0 Å². The van der Waals surface area contributed by atoms with Gasteiger partial charge in [-0.25, -0.2) is 0 Å². The first-order valence-electron chi connectivity index (χ1n) is 3.80. The largest absolute Gasteiger partial charge is 0.392 e.